The molecule has 0 amide bonds. The third-order valence-electron chi connectivity index (χ3n) is 3.49. The molecule has 1 aliphatic rings. The summed E-state index contributed by atoms with van der Waals surface area (Å²) in [6.45, 7) is 3.66. The molecule has 2 rings (SSSR count). The maximum Gasteiger partial charge on any atom is 0.306 e. The summed E-state index contributed by atoms with van der Waals surface area (Å²) < 4.78 is 18.5. The van der Waals surface area contributed by atoms with Crippen molar-refractivity contribution in [2.45, 2.75) is 31.8 Å². The summed E-state index contributed by atoms with van der Waals surface area (Å²) in [5.74, 6) is -1.49. The molecule has 19 heavy (non-hydrogen) atoms. The molecule has 1 aromatic rings. The molecule has 0 aromatic heterocycles. The Morgan fingerprint density at radius 3 is 2.84 bits per heavy atom. The third-order valence-corrected chi connectivity index (χ3v) is 3.49. The summed E-state index contributed by atoms with van der Waals surface area (Å²) >= 11 is 0. The van der Waals surface area contributed by atoms with Crippen LogP contribution in [0.15, 0.2) is 18.2 Å². The van der Waals surface area contributed by atoms with Gasteiger partial charge in [-0.15, -0.1) is 0 Å². The van der Waals surface area contributed by atoms with Crippen molar-refractivity contribution < 1.29 is 24.1 Å². The molecule has 1 heterocycles. The number of carboxylic acids is 1. The smallest absolute Gasteiger partial charge is 0.306 e. The molecule has 104 valence electrons. The molecular formula is C14H17FO4. The highest BCUT2D eigenvalue weighted by Gasteiger charge is 2.46. The molecule has 0 spiro atoms. The predicted molar refractivity (Wildman–Crippen MR) is 66.7 cm³/mol. The Hall–Kier alpha value is -1.62. The minimum atomic E-state index is -1.47. The van der Waals surface area contributed by atoms with Crippen LogP contribution in [0.4, 0.5) is 4.39 Å². The highest BCUT2D eigenvalue weighted by molar-refractivity contribution is 5.68. The van der Waals surface area contributed by atoms with Crippen LogP contribution in [-0.4, -0.2) is 28.4 Å². The van der Waals surface area contributed by atoms with Crippen molar-refractivity contribution in [2.24, 2.45) is 5.92 Å². The van der Waals surface area contributed by atoms with Gasteiger partial charge in [0.1, 0.15) is 23.8 Å². The second-order valence-electron chi connectivity index (χ2n) is 5.37. The van der Waals surface area contributed by atoms with E-state index < -0.39 is 29.7 Å². The minimum Gasteiger partial charge on any atom is -0.490 e. The molecule has 5 heteroatoms. The van der Waals surface area contributed by atoms with Crippen LogP contribution in [0.1, 0.15) is 31.7 Å². The van der Waals surface area contributed by atoms with Crippen LogP contribution in [-0.2, 0) is 4.79 Å². The second kappa shape index (κ2) is 4.81. The van der Waals surface area contributed by atoms with Crippen LogP contribution in [0.5, 0.6) is 5.75 Å². The van der Waals surface area contributed by atoms with E-state index in [0.29, 0.717) is 11.3 Å². The first-order chi connectivity index (χ1) is 8.83. The van der Waals surface area contributed by atoms with Gasteiger partial charge < -0.3 is 14.9 Å². The molecule has 2 N–H and O–H groups in total. The molecule has 0 saturated heterocycles. The highest BCUT2D eigenvalue weighted by atomic mass is 19.1. The van der Waals surface area contributed by atoms with E-state index in [9.17, 15) is 14.3 Å². The van der Waals surface area contributed by atoms with Crippen molar-refractivity contribution in [1.29, 1.82) is 0 Å². The van der Waals surface area contributed by atoms with Gasteiger partial charge in [-0.2, -0.15) is 0 Å². The lowest BCUT2D eigenvalue weighted by Gasteiger charge is -2.42. The van der Waals surface area contributed by atoms with Crippen molar-refractivity contribution in [3.63, 3.8) is 0 Å². The first kappa shape index (κ1) is 13.8. The predicted octanol–water partition coefficient (Wildman–Crippen LogP) is 2.16. The Balaban J connectivity index is 2.46. The van der Waals surface area contributed by atoms with Gasteiger partial charge in [-0.1, -0.05) is 19.9 Å². The molecule has 1 aliphatic heterocycles. The quantitative estimate of drug-likeness (QED) is 0.881. The first-order valence-electron chi connectivity index (χ1n) is 6.20. The van der Waals surface area contributed by atoms with E-state index in [1.54, 1.807) is 6.07 Å². The normalized spacial score (nSPS) is 25.8. The number of carbonyl (C=O) groups is 1. The van der Waals surface area contributed by atoms with Crippen LogP contribution in [0.25, 0.3) is 0 Å². The number of hydrogen-bond acceptors (Lipinski definition) is 3. The number of aliphatic carboxylic acids is 1. The van der Waals surface area contributed by atoms with Crippen LogP contribution < -0.4 is 4.74 Å². The van der Waals surface area contributed by atoms with E-state index in [1.165, 1.54) is 12.1 Å². The largest absolute Gasteiger partial charge is 0.490 e. The number of hydrogen-bond donors (Lipinski definition) is 2. The highest BCUT2D eigenvalue weighted by Crippen LogP contribution is 2.45. The number of halogens is 1. The fraction of sp³-hybridized carbons (Fsp3) is 0.500. The van der Waals surface area contributed by atoms with Gasteiger partial charge >= 0.3 is 5.97 Å². The monoisotopic (exact) mass is 268 g/mol. The minimum absolute atomic E-state index is 0.0115. The Kier molecular flexibility index (Phi) is 3.49. The van der Waals surface area contributed by atoms with E-state index in [2.05, 4.69) is 0 Å². The summed E-state index contributed by atoms with van der Waals surface area (Å²) in [6, 6.07) is 4.12. The molecule has 0 aliphatic carbocycles. The van der Waals surface area contributed by atoms with Crippen molar-refractivity contribution in [3.8, 4) is 5.75 Å². The first-order valence-corrected chi connectivity index (χ1v) is 6.20. The average Bonchev–Trinajstić information content (AvgIpc) is 2.27. The molecule has 0 bridgehead atoms. The van der Waals surface area contributed by atoms with Gasteiger partial charge in [-0.3, -0.25) is 4.79 Å². The van der Waals surface area contributed by atoms with E-state index in [4.69, 9.17) is 9.84 Å². The lowest BCUT2D eigenvalue weighted by molar-refractivity contribution is -0.147. The zero-order valence-corrected chi connectivity index (χ0v) is 10.9. The van der Waals surface area contributed by atoms with Crippen molar-refractivity contribution in [2.75, 3.05) is 6.61 Å². The summed E-state index contributed by atoms with van der Waals surface area (Å²) in [5.41, 5.74) is -0.809. The summed E-state index contributed by atoms with van der Waals surface area (Å²) in [7, 11) is 0. The van der Waals surface area contributed by atoms with Gasteiger partial charge in [0, 0.05) is 17.5 Å². The molecule has 2 unspecified atom stereocenters. The second-order valence-corrected chi connectivity index (χ2v) is 5.37. The summed E-state index contributed by atoms with van der Waals surface area (Å²) in [6.07, 6.45) is -0.396. The van der Waals surface area contributed by atoms with Gasteiger partial charge in [0.15, 0.2) is 0 Å². The van der Waals surface area contributed by atoms with Crippen LogP contribution in [0.2, 0.25) is 0 Å². The SMILES string of the molecule is CC(C)C1c2ccc(F)cc2OCC1(O)CC(=O)O. The van der Waals surface area contributed by atoms with Crippen LogP contribution in [0.3, 0.4) is 0 Å². The molecular weight excluding hydrogens is 251 g/mol. The lowest BCUT2D eigenvalue weighted by atomic mass is 9.72. The van der Waals surface area contributed by atoms with Crippen molar-refractivity contribution in [1.82, 2.24) is 0 Å². The van der Waals surface area contributed by atoms with Gasteiger partial charge in [0.05, 0.1) is 6.42 Å². The van der Waals surface area contributed by atoms with E-state index in [-0.39, 0.29) is 12.5 Å². The lowest BCUT2D eigenvalue weighted by Crippen LogP contribution is -2.48. The average molecular weight is 268 g/mol. The molecule has 0 saturated carbocycles. The molecule has 4 nitrogen and oxygen atoms in total. The standard InChI is InChI=1S/C14H17FO4/c1-8(2)13-10-4-3-9(15)5-11(10)19-7-14(13,18)6-12(16)17/h3-5,8,13,18H,6-7H2,1-2H3,(H,16,17). The molecule has 1 aromatic carbocycles. The van der Waals surface area contributed by atoms with E-state index in [0.717, 1.165) is 0 Å². The fourth-order valence-corrected chi connectivity index (χ4v) is 2.87. The van der Waals surface area contributed by atoms with E-state index >= 15 is 0 Å². The van der Waals surface area contributed by atoms with Gasteiger partial charge in [-0.05, 0) is 12.0 Å². The fourth-order valence-electron chi connectivity index (χ4n) is 2.87. The number of ether oxygens (including phenoxy) is 1. The molecule has 0 fully saturated rings. The zero-order valence-electron chi connectivity index (χ0n) is 10.9. The van der Waals surface area contributed by atoms with Crippen LogP contribution in [0, 0.1) is 11.7 Å². The van der Waals surface area contributed by atoms with Gasteiger partial charge in [0.25, 0.3) is 0 Å². The number of rotatable bonds is 3. The topological polar surface area (TPSA) is 66.8 Å². The number of fused-ring (bicyclic) bond motifs is 1. The van der Waals surface area contributed by atoms with Gasteiger partial charge in [0.2, 0.25) is 0 Å². The molecule has 2 atom stereocenters. The third kappa shape index (κ3) is 2.56. The van der Waals surface area contributed by atoms with Crippen molar-refractivity contribution >= 4 is 5.97 Å². The summed E-state index contributed by atoms with van der Waals surface area (Å²) in [4.78, 5) is 10.9. The van der Waals surface area contributed by atoms with Gasteiger partial charge in [-0.25, -0.2) is 4.39 Å². The Labute approximate surface area is 110 Å². The summed E-state index contributed by atoms with van der Waals surface area (Å²) in [5, 5.41) is 19.5. The maximum absolute atomic E-state index is 13.2. The molecule has 0 radical (unpaired) electrons. The number of carboxylic acid groups (broad SMARTS) is 1. The zero-order chi connectivity index (χ0) is 14.2. The number of benzene rings is 1. The number of aliphatic hydroxyl groups is 1. The van der Waals surface area contributed by atoms with Crippen LogP contribution >= 0.6 is 0 Å². The Morgan fingerprint density at radius 2 is 2.26 bits per heavy atom. The maximum atomic E-state index is 13.2. The van der Waals surface area contributed by atoms with Crippen molar-refractivity contribution in [3.05, 3.63) is 29.6 Å². The van der Waals surface area contributed by atoms with E-state index in [1.807, 2.05) is 13.8 Å². The Morgan fingerprint density at radius 1 is 1.58 bits per heavy atom. The Bertz CT molecular complexity index is 500.